The highest BCUT2D eigenvalue weighted by molar-refractivity contribution is 4.86. The van der Waals surface area contributed by atoms with E-state index in [9.17, 15) is 0 Å². The van der Waals surface area contributed by atoms with Gasteiger partial charge in [-0.2, -0.15) is 0 Å². The van der Waals surface area contributed by atoms with Gasteiger partial charge in [0.2, 0.25) is 0 Å². The molecule has 2 saturated carbocycles. The van der Waals surface area contributed by atoms with Crippen LogP contribution in [0.1, 0.15) is 65.7 Å². The smallest absolute Gasteiger partial charge is 0.0323 e. The van der Waals surface area contributed by atoms with E-state index in [1.165, 1.54) is 38.5 Å². The summed E-state index contributed by atoms with van der Waals surface area (Å²) in [6.07, 6.45) is 10.7. The minimum atomic E-state index is 0.779. The van der Waals surface area contributed by atoms with E-state index >= 15 is 0 Å². The second-order valence-corrected chi connectivity index (χ2v) is 4.67. The van der Waals surface area contributed by atoms with Gasteiger partial charge in [-0.05, 0) is 30.6 Å². The molecule has 0 spiro atoms. The van der Waals surface area contributed by atoms with Gasteiger partial charge in [0.1, 0.15) is 0 Å². The Balaban J connectivity index is 0.000000336. The average molecular weight is 168 g/mol. The van der Waals surface area contributed by atoms with Crippen molar-refractivity contribution in [2.45, 2.75) is 65.7 Å². The fourth-order valence-corrected chi connectivity index (χ4v) is 3.01. The molecule has 2 aliphatic rings. The molecule has 2 bridgehead atoms. The third-order valence-electron chi connectivity index (χ3n) is 3.57. The summed E-state index contributed by atoms with van der Waals surface area (Å²) in [7, 11) is 0. The molecule has 0 heterocycles. The Morgan fingerprint density at radius 1 is 1.00 bits per heavy atom. The zero-order valence-corrected chi connectivity index (χ0v) is 9.03. The predicted molar refractivity (Wildman–Crippen MR) is 55.3 cm³/mol. The fourth-order valence-electron chi connectivity index (χ4n) is 3.01. The van der Waals surface area contributed by atoms with E-state index in [0.29, 0.717) is 0 Å². The highest BCUT2D eigenvalue weighted by Gasteiger charge is 2.34. The lowest BCUT2D eigenvalue weighted by Gasteiger charge is -2.42. The summed E-state index contributed by atoms with van der Waals surface area (Å²) in [6, 6.07) is 0. The third kappa shape index (κ3) is 2.24. The maximum Gasteiger partial charge on any atom is -0.0323 e. The Hall–Kier alpha value is 0. The molecule has 0 amide bonds. The first kappa shape index (κ1) is 10.1. The summed E-state index contributed by atoms with van der Waals surface area (Å²) in [6.45, 7) is 6.50. The molecule has 0 N–H and O–H groups in total. The van der Waals surface area contributed by atoms with Gasteiger partial charge in [0, 0.05) is 0 Å². The van der Waals surface area contributed by atoms with Gasteiger partial charge in [-0.25, -0.2) is 0 Å². The van der Waals surface area contributed by atoms with Gasteiger partial charge in [-0.3, -0.25) is 0 Å². The van der Waals surface area contributed by atoms with Crippen molar-refractivity contribution in [1.29, 1.82) is 0 Å². The first-order valence-electron chi connectivity index (χ1n) is 5.79. The maximum absolute atomic E-state index is 2.50. The lowest BCUT2D eigenvalue weighted by atomic mass is 9.63. The largest absolute Gasteiger partial charge is 0.0683 e. The molecule has 0 heteroatoms. The Kier molecular flexibility index (Phi) is 3.61. The molecule has 0 aromatic rings. The minimum absolute atomic E-state index is 0.779. The van der Waals surface area contributed by atoms with Crippen molar-refractivity contribution in [2.24, 2.45) is 11.3 Å². The van der Waals surface area contributed by atoms with E-state index in [2.05, 4.69) is 6.92 Å². The molecular formula is C12H24. The highest BCUT2D eigenvalue weighted by Crippen LogP contribution is 2.48. The van der Waals surface area contributed by atoms with Crippen molar-refractivity contribution in [3.05, 3.63) is 0 Å². The van der Waals surface area contributed by atoms with Crippen LogP contribution in [0.3, 0.4) is 0 Å². The van der Waals surface area contributed by atoms with E-state index in [0.717, 1.165) is 11.3 Å². The summed E-state index contributed by atoms with van der Waals surface area (Å²) in [5.74, 6) is 1.12. The Morgan fingerprint density at radius 3 is 1.83 bits per heavy atom. The fraction of sp³-hybridized carbons (Fsp3) is 1.00. The Morgan fingerprint density at radius 2 is 1.50 bits per heavy atom. The van der Waals surface area contributed by atoms with Gasteiger partial charge < -0.3 is 0 Å². The van der Waals surface area contributed by atoms with E-state index in [4.69, 9.17) is 0 Å². The van der Waals surface area contributed by atoms with Crippen LogP contribution in [0.5, 0.6) is 0 Å². The van der Waals surface area contributed by atoms with Gasteiger partial charge in [-0.15, -0.1) is 0 Å². The van der Waals surface area contributed by atoms with Gasteiger partial charge in [0.05, 0.1) is 0 Å². The summed E-state index contributed by atoms with van der Waals surface area (Å²) in [4.78, 5) is 0. The molecule has 72 valence electrons. The van der Waals surface area contributed by atoms with Gasteiger partial charge >= 0.3 is 0 Å². The van der Waals surface area contributed by atoms with Gasteiger partial charge in [0.15, 0.2) is 0 Å². The van der Waals surface area contributed by atoms with Crippen LogP contribution in [0.2, 0.25) is 0 Å². The zero-order chi connectivity index (χ0) is 9.03. The first-order chi connectivity index (χ1) is 5.79. The molecule has 0 aromatic carbocycles. The summed E-state index contributed by atoms with van der Waals surface area (Å²) in [5, 5.41) is 0. The minimum Gasteiger partial charge on any atom is -0.0683 e. The normalized spacial score (nSPS) is 39.8. The second-order valence-electron chi connectivity index (χ2n) is 4.67. The molecule has 0 aliphatic heterocycles. The number of rotatable bonds is 0. The first-order valence-corrected chi connectivity index (χ1v) is 5.79. The summed E-state index contributed by atoms with van der Waals surface area (Å²) >= 11 is 0. The zero-order valence-electron chi connectivity index (χ0n) is 9.03. The molecule has 12 heavy (non-hydrogen) atoms. The molecule has 0 atom stereocenters. The molecule has 2 fully saturated rings. The van der Waals surface area contributed by atoms with E-state index in [-0.39, 0.29) is 0 Å². The van der Waals surface area contributed by atoms with Crippen molar-refractivity contribution >= 4 is 0 Å². The molecule has 0 radical (unpaired) electrons. The number of hydrogen-bond donors (Lipinski definition) is 0. The van der Waals surface area contributed by atoms with Crippen LogP contribution in [-0.2, 0) is 0 Å². The van der Waals surface area contributed by atoms with Crippen LogP contribution >= 0.6 is 0 Å². The van der Waals surface area contributed by atoms with Gasteiger partial charge in [-0.1, -0.05) is 46.5 Å². The molecule has 2 aliphatic carbocycles. The van der Waals surface area contributed by atoms with Crippen LogP contribution in [0, 0.1) is 11.3 Å². The quantitative estimate of drug-likeness (QED) is 0.503. The average Bonchev–Trinajstić information content (AvgIpc) is 2.07. The third-order valence-corrected chi connectivity index (χ3v) is 3.57. The summed E-state index contributed by atoms with van der Waals surface area (Å²) in [5.41, 5.74) is 0.779. The standard InChI is InChI=1S/C10H18.C2H6/c1-10-6-2-4-9(8-10)5-3-7-10;1-2/h9H,2-8H2,1H3;1-2H3. The van der Waals surface area contributed by atoms with E-state index in [1.807, 2.05) is 13.8 Å². The SMILES string of the molecule is CC.CC12CCCC(CCC1)C2. The lowest BCUT2D eigenvalue weighted by molar-refractivity contribution is 0.0960. The van der Waals surface area contributed by atoms with E-state index < -0.39 is 0 Å². The van der Waals surface area contributed by atoms with Crippen LogP contribution < -0.4 is 0 Å². The van der Waals surface area contributed by atoms with Crippen LogP contribution in [0.4, 0.5) is 0 Å². The van der Waals surface area contributed by atoms with Crippen molar-refractivity contribution in [3.8, 4) is 0 Å². The highest BCUT2D eigenvalue weighted by atomic mass is 14.4. The molecule has 0 saturated heterocycles. The maximum atomic E-state index is 2.50. The second kappa shape index (κ2) is 4.30. The lowest BCUT2D eigenvalue weighted by Crippen LogP contribution is -2.29. The number of hydrogen-bond acceptors (Lipinski definition) is 0. The van der Waals surface area contributed by atoms with Gasteiger partial charge in [0.25, 0.3) is 0 Å². The molecule has 2 rings (SSSR count). The van der Waals surface area contributed by atoms with Crippen LogP contribution in [0.25, 0.3) is 0 Å². The predicted octanol–water partition coefficient (Wildman–Crippen LogP) is 4.39. The Bertz CT molecular complexity index is 116. The Labute approximate surface area is 77.7 Å². The van der Waals surface area contributed by atoms with Crippen molar-refractivity contribution < 1.29 is 0 Å². The molecule has 0 nitrogen and oxygen atoms in total. The number of fused-ring (bicyclic) bond motifs is 2. The molecule has 0 aromatic heterocycles. The van der Waals surface area contributed by atoms with E-state index in [1.54, 1.807) is 6.42 Å². The van der Waals surface area contributed by atoms with Crippen LogP contribution in [0.15, 0.2) is 0 Å². The monoisotopic (exact) mass is 168 g/mol. The molecule has 0 unspecified atom stereocenters. The topological polar surface area (TPSA) is 0 Å². The molecular weight excluding hydrogens is 144 g/mol. The van der Waals surface area contributed by atoms with Crippen molar-refractivity contribution in [1.82, 2.24) is 0 Å². The van der Waals surface area contributed by atoms with Crippen LogP contribution in [-0.4, -0.2) is 0 Å². The van der Waals surface area contributed by atoms with Crippen molar-refractivity contribution in [2.75, 3.05) is 0 Å². The van der Waals surface area contributed by atoms with Crippen molar-refractivity contribution in [3.63, 3.8) is 0 Å². The summed E-state index contributed by atoms with van der Waals surface area (Å²) < 4.78 is 0.